The van der Waals surface area contributed by atoms with E-state index in [0.29, 0.717) is 19.1 Å². The zero-order valence-corrected chi connectivity index (χ0v) is 11.7. The van der Waals surface area contributed by atoms with E-state index in [-0.39, 0.29) is 6.10 Å². The summed E-state index contributed by atoms with van der Waals surface area (Å²) in [5, 5.41) is 13.0. The molecule has 0 fully saturated rings. The van der Waals surface area contributed by atoms with Crippen molar-refractivity contribution in [3.05, 3.63) is 23.8 Å². The van der Waals surface area contributed by atoms with E-state index >= 15 is 0 Å². The van der Waals surface area contributed by atoms with Crippen LogP contribution in [0.3, 0.4) is 0 Å². The van der Waals surface area contributed by atoms with Crippen LogP contribution in [-0.2, 0) is 6.54 Å². The van der Waals surface area contributed by atoms with E-state index in [0.717, 1.165) is 31.0 Å². The SMILES string of the molecule is CC(C)C(O)CCNCc1ccc2c(c1)OCCO2. The van der Waals surface area contributed by atoms with Gasteiger partial charge >= 0.3 is 0 Å². The number of benzene rings is 1. The number of aliphatic hydroxyl groups is 1. The average Bonchev–Trinajstić information content (AvgIpc) is 2.43. The molecule has 0 saturated carbocycles. The number of ether oxygens (including phenoxy) is 2. The quantitative estimate of drug-likeness (QED) is 0.772. The molecule has 2 N–H and O–H groups in total. The van der Waals surface area contributed by atoms with Crippen molar-refractivity contribution >= 4 is 0 Å². The molecule has 0 aliphatic carbocycles. The molecule has 2 rings (SSSR count). The average molecular weight is 265 g/mol. The fourth-order valence-electron chi connectivity index (χ4n) is 2.01. The zero-order chi connectivity index (χ0) is 13.7. The Morgan fingerprint density at radius 1 is 1.21 bits per heavy atom. The van der Waals surface area contributed by atoms with Crippen LogP contribution in [0.4, 0.5) is 0 Å². The van der Waals surface area contributed by atoms with E-state index in [4.69, 9.17) is 9.47 Å². The third-order valence-corrected chi connectivity index (χ3v) is 3.32. The fourth-order valence-corrected chi connectivity index (χ4v) is 2.01. The second-order valence-corrected chi connectivity index (χ2v) is 5.25. The van der Waals surface area contributed by atoms with Gasteiger partial charge in [-0.2, -0.15) is 0 Å². The topological polar surface area (TPSA) is 50.7 Å². The molecule has 1 unspecified atom stereocenters. The first-order valence-corrected chi connectivity index (χ1v) is 6.94. The van der Waals surface area contributed by atoms with Crippen LogP contribution in [0.15, 0.2) is 18.2 Å². The van der Waals surface area contributed by atoms with Crippen molar-refractivity contribution in [2.24, 2.45) is 5.92 Å². The van der Waals surface area contributed by atoms with Crippen molar-refractivity contribution in [2.75, 3.05) is 19.8 Å². The highest BCUT2D eigenvalue weighted by Gasteiger charge is 2.12. The molecule has 1 atom stereocenters. The van der Waals surface area contributed by atoms with Crippen molar-refractivity contribution in [1.29, 1.82) is 0 Å². The van der Waals surface area contributed by atoms with Crippen molar-refractivity contribution in [2.45, 2.75) is 32.9 Å². The molecular weight excluding hydrogens is 242 g/mol. The van der Waals surface area contributed by atoms with Crippen LogP contribution < -0.4 is 14.8 Å². The highest BCUT2D eigenvalue weighted by atomic mass is 16.6. The smallest absolute Gasteiger partial charge is 0.161 e. The summed E-state index contributed by atoms with van der Waals surface area (Å²) < 4.78 is 11.0. The van der Waals surface area contributed by atoms with Gasteiger partial charge in [0.2, 0.25) is 0 Å². The molecule has 0 amide bonds. The maximum atomic E-state index is 9.71. The normalized spacial score (nSPS) is 15.6. The predicted molar refractivity (Wildman–Crippen MR) is 74.6 cm³/mol. The Morgan fingerprint density at radius 2 is 1.95 bits per heavy atom. The fraction of sp³-hybridized carbons (Fsp3) is 0.600. The summed E-state index contributed by atoms with van der Waals surface area (Å²) in [5.41, 5.74) is 1.17. The standard InChI is InChI=1S/C15H23NO3/c1-11(2)13(17)5-6-16-10-12-3-4-14-15(9-12)19-8-7-18-14/h3-4,9,11,13,16-17H,5-8,10H2,1-2H3. The number of hydrogen-bond donors (Lipinski definition) is 2. The van der Waals surface area contributed by atoms with Gasteiger partial charge in [0.15, 0.2) is 11.5 Å². The number of hydrogen-bond acceptors (Lipinski definition) is 4. The molecule has 0 spiro atoms. The van der Waals surface area contributed by atoms with Gasteiger partial charge in [-0.1, -0.05) is 19.9 Å². The van der Waals surface area contributed by atoms with Gasteiger partial charge in [0.05, 0.1) is 6.10 Å². The maximum Gasteiger partial charge on any atom is 0.161 e. The van der Waals surface area contributed by atoms with Gasteiger partial charge < -0.3 is 19.9 Å². The van der Waals surface area contributed by atoms with Gasteiger partial charge in [-0.25, -0.2) is 0 Å². The number of fused-ring (bicyclic) bond motifs is 1. The van der Waals surface area contributed by atoms with Crippen LogP contribution in [0.5, 0.6) is 11.5 Å². The summed E-state index contributed by atoms with van der Waals surface area (Å²) in [4.78, 5) is 0. The molecule has 1 aromatic carbocycles. The second-order valence-electron chi connectivity index (χ2n) is 5.25. The summed E-state index contributed by atoms with van der Waals surface area (Å²) in [6.45, 7) is 6.90. The third-order valence-electron chi connectivity index (χ3n) is 3.32. The predicted octanol–water partition coefficient (Wildman–Crippen LogP) is 1.95. The number of nitrogens with one attached hydrogen (secondary N) is 1. The van der Waals surface area contributed by atoms with Crippen molar-refractivity contribution < 1.29 is 14.6 Å². The van der Waals surface area contributed by atoms with Gasteiger partial charge in [-0.05, 0) is 36.6 Å². The van der Waals surface area contributed by atoms with E-state index in [1.165, 1.54) is 5.56 Å². The molecule has 106 valence electrons. The molecular formula is C15H23NO3. The molecule has 0 bridgehead atoms. The van der Waals surface area contributed by atoms with Gasteiger partial charge in [-0.3, -0.25) is 0 Å². The second kappa shape index (κ2) is 6.78. The minimum atomic E-state index is -0.229. The Morgan fingerprint density at radius 3 is 2.68 bits per heavy atom. The van der Waals surface area contributed by atoms with Gasteiger partial charge in [-0.15, -0.1) is 0 Å². The zero-order valence-electron chi connectivity index (χ0n) is 11.7. The lowest BCUT2D eigenvalue weighted by Gasteiger charge is -2.19. The molecule has 4 nitrogen and oxygen atoms in total. The molecule has 4 heteroatoms. The Balaban J connectivity index is 1.77. The summed E-state index contributed by atoms with van der Waals surface area (Å²) in [7, 11) is 0. The van der Waals surface area contributed by atoms with Gasteiger partial charge in [0.1, 0.15) is 13.2 Å². The molecule has 0 saturated heterocycles. The van der Waals surface area contributed by atoms with E-state index < -0.39 is 0 Å². The monoisotopic (exact) mass is 265 g/mol. The van der Waals surface area contributed by atoms with Crippen LogP contribution in [-0.4, -0.2) is 31.0 Å². The lowest BCUT2D eigenvalue weighted by molar-refractivity contribution is 0.116. The molecule has 1 aliphatic rings. The van der Waals surface area contributed by atoms with Gasteiger partial charge in [0, 0.05) is 6.54 Å². The lowest BCUT2D eigenvalue weighted by Crippen LogP contribution is -2.23. The van der Waals surface area contributed by atoms with Crippen LogP contribution in [0.1, 0.15) is 25.8 Å². The lowest BCUT2D eigenvalue weighted by atomic mass is 10.0. The molecule has 0 aromatic heterocycles. The molecule has 1 aromatic rings. The van der Waals surface area contributed by atoms with Crippen molar-refractivity contribution in [1.82, 2.24) is 5.32 Å². The Kier molecular flexibility index (Phi) is 5.05. The van der Waals surface area contributed by atoms with Crippen LogP contribution in [0.2, 0.25) is 0 Å². The van der Waals surface area contributed by atoms with E-state index in [1.807, 2.05) is 32.0 Å². The molecule has 0 radical (unpaired) electrons. The van der Waals surface area contributed by atoms with Crippen LogP contribution in [0.25, 0.3) is 0 Å². The maximum absolute atomic E-state index is 9.71. The molecule has 19 heavy (non-hydrogen) atoms. The Hall–Kier alpha value is -1.26. The highest BCUT2D eigenvalue weighted by molar-refractivity contribution is 5.43. The minimum absolute atomic E-state index is 0.229. The highest BCUT2D eigenvalue weighted by Crippen LogP contribution is 2.30. The molecule has 1 aliphatic heterocycles. The largest absolute Gasteiger partial charge is 0.486 e. The number of aliphatic hydroxyl groups excluding tert-OH is 1. The summed E-state index contributed by atoms with van der Waals surface area (Å²) >= 11 is 0. The van der Waals surface area contributed by atoms with Crippen LogP contribution >= 0.6 is 0 Å². The van der Waals surface area contributed by atoms with E-state index in [1.54, 1.807) is 0 Å². The van der Waals surface area contributed by atoms with Crippen molar-refractivity contribution in [3.8, 4) is 11.5 Å². The van der Waals surface area contributed by atoms with Gasteiger partial charge in [0.25, 0.3) is 0 Å². The first kappa shape index (κ1) is 14.2. The summed E-state index contributed by atoms with van der Waals surface area (Å²) in [6.07, 6.45) is 0.551. The number of rotatable bonds is 6. The van der Waals surface area contributed by atoms with E-state index in [9.17, 15) is 5.11 Å². The Labute approximate surface area is 114 Å². The minimum Gasteiger partial charge on any atom is -0.486 e. The Bertz CT molecular complexity index is 406. The summed E-state index contributed by atoms with van der Waals surface area (Å²) in [6, 6.07) is 6.01. The third kappa shape index (κ3) is 4.11. The van der Waals surface area contributed by atoms with E-state index in [2.05, 4.69) is 5.32 Å². The summed E-state index contributed by atoms with van der Waals surface area (Å²) in [5.74, 6) is 1.97. The molecule has 1 heterocycles. The van der Waals surface area contributed by atoms with Crippen LogP contribution in [0, 0.1) is 5.92 Å². The van der Waals surface area contributed by atoms with Crippen molar-refractivity contribution in [3.63, 3.8) is 0 Å². The first-order chi connectivity index (χ1) is 9.16. The first-order valence-electron chi connectivity index (χ1n) is 6.94.